The number of nitrogens with two attached hydrogens (primary N) is 1. The Balaban J connectivity index is 2.82. The highest BCUT2D eigenvalue weighted by molar-refractivity contribution is 5.91. The van der Waals surface area contributed by atoms with Crippen LogP contribution in [0.25, 0.3) is 5.65 Å². The molecule has 5 nitrogen and oxygen atoms in total. The van der Waals surface area contributed by atoms with Crippen LogP contribution in [0.3, 0.4) is 0 Å². The van der Waals surface area contributed by atoms with Crippen molar-refractivity contribution in [1.82, 2.24) is 14.6 Å². The van der Waals surface area contributed by atoms with Crippen molar-refractivity contribution in [3.05, 3.63) is 30.2 Å². The molecule has 2 heterocycles. The van der Waals surface area contributed by atoms with Gasteiger partial charge in [0.1, 0.15) is 12.0 Å². The summed E-state index contributed by atoms with van der Waals surface area (Å²) in [6.45, 7) is 0. The second-order valence-corrected chi connectivity index (χ2v) is 2.31. The Kier molecular flexibility index (Phi) is 1.30. The lowest BCUT2D eigenvalue weighted by Crippen LogP contribution is -2.15. The summed E-state index contributed by atoms with van der Waals surface area (Å²) in [4.78, 5) is 14.8. The normalized spacial score (nSPS) is 10.3. The first-order valence-corrected chi connectivity index (χ1v) is 3.37. The van der Waals surface area contributed by atoms with Crippen LogP contribution in [0.5, 0.6) is 0 Å². The van der Waals surface area contributed by atoms with Gasteiger partial charge in [0.2, 0.25) is 0 Å². The van der Waals surface area contributed by atoms with Gasteiger partial charge in [-0.3, -0.25) is 4.79 Å². The summed E-state index contributed by atoms with van der Waals surface area (Å²) < 4.78 is 1.41. The smallest absolute Gasteiger partial charge is 0.267 e. The molecule has 0 spiro atoms. The summed E-state index contributed by atoms with van der Waals surface area (Å²) >= 11 is 0. The largest absolute Gasteiger partial charge is 0.364 e. The molecule has 0 fully saturated rings. The average molecular weight is 162 g/mol. The second-order valence-electron chi connectivity index (χ2n) is 2.31. The molecule has 0 aliphatic carbocycles. The van der Waals surface area contributed by atoms with E-state index in [2.05, 4.69) is 10.1 Å². The molecule has 0 aromatic carbocycles. The lowest BCUT2D eigenvalue weighted by atomic mass is 10.3. The third-order valence-corrected chi connectivity index (χ3v) is 1.55. The molecule has 0 aliphatic rings. The van der Waals surface area contributed by atoms with Crippen molar-refractivity contribution in [1.29, 1.82) is 0 Å². The van der Waals surface area contributed by atoms with Gasteiger partial charge in [-0.15, -0.1) is 0 Å². The first-order chi connectivity index (χ1) is 5.79. The Bertz CT molecular complexity index is 434. The zero-order valence-corrected chi connectivity index (χ0v) is 6.14. The van der Waals surface area contributed by atoms with Gasteiger partial charge in [-0.2, -0.15) is 5.10 Å². The van der Waals surface area contributed by atoms with E-state index >= 15 is 0 Å². The van der Waals surface area contributed by atoms with Crippen molar-refractivity contribution >= 4 is 11.6 Å². The number of nitrogens with zero attached hydrogens (tertiary/aromatic N) is 3. The Morgan fingerprint density at radius 1 is 1.50 bits per heavy atom. The van der Waals surface area contributed by atoms with Crippen LogP contribution in [0.2, 0.25) is 0 Å². The van der Waals surface area contributed by atoms with Gasteiger partial charge in [0.25, 0.3) is 5.91 Å². The third kappa shape index (κ3) is 0.833. The monoisotopic (exact) mass is 162 g/mol. The molecule has 2 aromatic rings. The van der Waals surface area contributed by atoms with Crippen LogP contribution in [0.1, 0.15) is 10.5 Å². The number of carbonyl (C=O) groups excluding carboxylic acids is 1. The van der Waals surface area contributed by atoms with E-state index in [0.29, 0.717) is 11.3 Å². The van der Waals surface area contributed by atoms with Gasteiger partial charge >= 0.3 is 0 Å². The van der Waals surface area contributed by atoms with Crippen LogP contribution in [-0.2, 0) is 0 Å². The standard InChI is InChI=1S/C7H6N4O/c8-7(12)5-2-1-3-6-9-4-10-11(5)6/h1-4H,(H2,8,12). The molecule has 2 rings (SSSR count). The van der Waals surface area contributed by atoms with Gasteiger partial charge in [-0.1, -0.05) is 6.07 Å². The number of pyridine rings is 1. The molecule has 2 N–H and O–H groups in total. The van der Waals surface area contributed by atoms with E-state index < -0.39 is 5.91 Å². The molecule has 12 heavy (non-hydrogen) atoms. The number of carbonyl (C=O) groups is 1. The molecule has 0 bridgehead atoms. The second kappa shape index (κ2) is 2.30. The maximum Gasteiger partial charge on any atom is 0.267 e. The minimum Gasteiger partial charge on any atom is -0.364 e. The minimum absolute atomic E-state index is 0.338. The van der Waals surface area contributed by atoms with E-state index in [-0.39, 0.29) is 0 Å². The summed E-state index contributed by atoms with van der Waals surface area (Å²) in [6, 6.07) is 5.06. The summed E-state index contributed by atoms with van der Waals surface area (Å²) in [5, 5.41) is 3.84. The van der Waals surface area contributed by atoms with Gasteiger partial charge in [0, 0.05) is 0 Å². The van der Waals surface area contributed by atoms with E-state index in [0.717, 1.165) is 0 Å². The fourth-order valence-corrected chi connectivity index (χ4v) is 1.03. The molecule has 0 aliphatic heterocycles. The number of rotatable bonds is 1. The predicted molar refractivity (Wildman–Crippen MR) is 41.5 cm³/mol. The van der Waals surface area contributed by atoms with E-state index in [1.165, 1.54) is 10.8 Å². The number of aromatic nitrogens is 3. The Labute approximate surface area is 67.8 Å². The summed E-state index contributed by atoms with van der Waals surface area (Å²) in [5.74, 6) is -0.508. The molecular weight excluding hydrogens is 156 g/mol. The van der Waals surface area contributed by atoms with Crippen LogP contribution < -0.4 is 5.73 Å². The molecule has 0 radical (unpaired) electrons. The number of amides is 1. The molecule has 2 aromatic heterocycles. The van der Waals surface area contributed by atoms with Crippen molar-refractivity contribution in [3.63, 3.8) is 0 Å². The average Bonchev–Trinajstić information content (AvgIpc) is 2.49. The summed E-state index contributed by atoms with van der Waals surface area (Å²) in [5.41, 5.74) is 6.07. The topological polar surface area (TPSA) is 73.3 Å². The van der Waals surface area contributed by atoms with Crippen LogP contribution in [0.15, 0.2) is 24.5 Å². The first-order valence-electron chi connectivity index (χ1n) is 3.37. The van der Waals surface area contributed by atoms with Crippen molar-refractivity contribution in [2.24, 2.45) is 5.73 Å². The van der Waals surface area contributed by atoms with Crippen LogP contribution in [0.4, 0.5) is 0 Å². The van der Waals surface area contributed by atoms with Gasteiger partial charge < -0.3 is 5.73 Å². The van der Waals surface area contributed by atoms with E-state index in [1.54, 1.807) is 18.2 Å². The zero-order chi connectivity index (χ0) is 8.55. The van der Waals surface area contributed by atoms with Crippen LogP contribution >= 0.6 is 0 Å². The number of hydrogen-bond donors (Lipinski definition) is 1. The highest BCUT2D eigenvalue weighted by Crippen LogP contribution is 2.01. The van der Waals surface area contributed by atoms with Crippen molar-refractivity contribution < 1.29 is 4.79 Å². The molecule has 0 saturated carbocycles. The maximum atomic E-state index is 10.8. The third-order valence-electron chi connectivity index (χ3n) is 1.55. The number of primary amides is 1. The molecule has 5 heteroatoms. The molecule has 0 unspecified atom stereocenters. The summed E-state index contributed by atoms with van der Waals surface area (Å²) in [6.07, 6.45) is 1.38. The van der Waals surface area contributed by atoms with Gasteiger partial charge in [0.05, 0.1) is 0 Å². The lowest BCUT2D eigenvalue weighted by Gasteiger charge is -1.96. The number of fused-ring (bicyclic) bond motifs is 1. The number of hydrogen-bond acceptors (Lipinski definition) is 3. The SMILES string of the molecule is NC(=O)c1cccc2ncnn12. The maximum absolute atomic E-state index is 10.8. The van der Waals surface area contributed by atoms with E-state index in [9.17, 15) is 4.79 Å². The minimum atomic E-state index is -0.508. The van der Waals surface area contributed by atoms with E-state index in [4.69, 9.17) is 5.73 Å². The van der Waals surface area contributed by atoms with E-state index in [1.807, 2.05) is 0 Å². The summed E-state index contributed by atoms with van der Waals surface area (Å²) in [7, 11) is 0. The molecular formula is C7H6N4O. The van der Waals surface area contributed by atoms with Gasteiger partial charge in [-0.05, 0) is 12.1 Å². The van der Waals surface area contributed by atoms with Crippen molar-refractivity contribution in [3.8, 4) is 0 Å². The Morgan fingerprint density at radius 2 is 2.33 bits per heavy atom. The van der Waals surface area contributed by atoms with Crippen molar-refractivity contribution in [2.45, 2.75) is 0 Å². The molecule has 1 amide bonds. The van der Waals surface area contributed by atoms with Crippen molar-refractivity contribution in [2.75, 3.05) is 0 Å². The van der Waals surface area contributed by atoms with Gasteiger partial charge in [0.15, 0.2) is 5.65 Å². The Hall–Kier alpha value is -1.91. The van der Waals surface area contributed by atoms with Crippen LogP contribution in [-0.4, -0.2) is 20.5 Å². The predicted octanol–water partition coefficient (Wildman–Crippen LogP) is -0.172. The van der Waals surface area contributed by atoms with Gasteiger partial charge in [-0.25, -0.2) is 9.50 Å². The molecule has 0 saturated heterocycles. The fraction of sp³-hybridized carbons (Fsp3) is 0. The highest BCUT2D eigenvalue weighted by Gasteiger charge is 2.05. The molecule has 60 valence electrons. The first kappa shape index (κ1) is 6.78. The Morgan fingerprint density at radius 3 is 3.08 bits per heavy atom. The molecule has 0 atom stereocenters. The fourth-order valence-electron chi connectivity index (χ4n) is 1.03. The lowest BCUT2D eigenvalue weighted by molar-refractivity contribution is 0.0993. The zero-order valence-electron chi connectivity index (χ0n) is 6.14. The highest BCUT2D eigenvalue weighted by atomic mass is 16.1. The quantitative estimate of drug-likeness (QED) is 0.632. The van der Waals surface area contributed by atoms with Crippen LogP contribution in [0, 0.1) is 0 Å².